The van der Waals surface area contributed by atoms with Crippen LogP contribution in [0.25, 0.3) is 6.08 Å². The SMILES string of the molecule is Cc1ccccc1N1C(=O)C(=Cc2cccnc2)NC1=S. The molecule has 4 nitrogen and oxygen atoms in total. The van der Waals surface area contributed by atoms with E-state index in [4.69, 9.17) is 12.2 Å². The average Bonchev–Trinajstić information content (AvgIpc) is 2.76. The van der Waals surface area contributed by atoms with Gasteiger partial charge in [0, 0.05) is 12.4 Å². The van der Waals surface area contributed by atoms with E-state index in [0.29, 0.717) is 10.8 Å². The Balaban J connectivity index is 1.97. The molecule has 2 aromatic rings. The maximum Gasteiger partial charge on any atom is 0.281 e. The third kappa shape index (κ3) is 2.55. The number of carbonyl (C=O) groups excluding carboxylic acids is 1. The Morgan fingerprint density at radius 3 is 2.76 bits per heavy atom. The van der Waals surface area contributed by atoms with Crippen LogP contribution in [0.4, 0.5) is 5.69 Å². The molecule has 2 heterocycles. The molecule has 0 bridgehead atoms. The quantitative estimate of drug-likeness (QED) is 0.683. The van der Waals surface area contributed by atoms with Crippen molar-refractivity contribution in [2.75, 3.05) is 4.90 Å². The highest BCUT2D eigenvalue weighted by Crippen LogP contribution is 2.25. The zero-order valence-electron chi connectivity index (χ0n) is 11.4. The third-order valence-electron chi connectivity index (χ3n) is 3.23. The monoisotopic (exact) mass is 295 g/mol. The van der Waals surface area contributed by atoms with Gasteiger partial charge < -0.3 is 5.32 Å². The Bertz CT molecular complexity index is 740. The van der Waals surface area contributed by atoms with Crippen molar-refractivity contribution < 1.29 is 4.79 Å². The van der Waals surface area contributed by atoms with Crippen LogP contribution in [0.15, 0.2) is 54.5 Å². The van der Waals surface area contributed by atoms with Crippen LogP contribution < -0.4 is 10.2 Å². The largest absolute Gasteiger partial charge is 0.327 e. The molecule has 0 unspecified atom stereocenters. The summed E-state index contributed by atoms with van der Waals surface area (Å²) in [6.07, 6.45) is 5.14. The highest BCUT2D eigenvalue weighted by atomic mass is 32.1. The molecule has 0 atom stereocenters. The zero-order valence-corrected chi connectivity index (χ0v) is 12.2. The number of carbonyl (C=O) groups is 1. The lowest BCUT2D eigenvalue weighted by Gasteiger charge is -2.16. The number of thiocarbonyl (C=S) groups is 1. The van der Waals surface area contributed by atoms with E-state index in [1.165, 1.54) is 4.90 Å². The first-order valence-electron chi connectivity index (χ1n) is 6.49. The van der Waals surface area contributed by atoms with Gasteiger partial charge in [0.1, 0.15) is 5.70 Å². The molecular formula is C16H13N3OS. The van der Waals surface area contributed by atoms with E-state index in [1.54, 1.807) is 18.5 Å². The summed E-state index contributed by atoms with van der Waals surface area (Å²) in [5, 5.41) is 3.36. The maximum absolute atomic E-state index is 12.6. The van der Waals surface area contributed by atoms with E-state index in [0.717, 1.165) is 16.8 Å². The van der Waals surface area contributed by atoms with Gasteiger partial charge in [0.25, 0.3) is 5.91 Å². The van der Waals surface area contributed by atoms with E-state index in [1.807, 2.05) is 43.3 Å². The number of aryl methyl sites for hydroxylation is 1. The number of rotatable bonds is 2. The van der Waals surface area contributed by atoms with Crippen LogP contribution in [-0.2, 0) is 4.79 Å². The fraction of sp³-hybridized carbons (Fsp3) is 0.0625. The topological polar surface area (TPSA) is 45.2 Å². The fourth-order valence-electron chi connectivity index (χ4n) is 2.20. The number of amides is 1. The van der Waals surface area contributed by atoms with Crippen molar-refractivity contribution in [2.24, 2.45) is 0 Å². The Hall–Kier alpha value is -2.53. The number of nitrogens with one attached hydrogen (secondary N) is 1. The minimum absolute atomic E-state index is 0.154. The third-order valence-corrected chi connectivity index (χ3v) is 3.51. The van der Waals surface area contributed by atoms with Crippen LogP contribution in [0.2, 0.25) is 0 Å². The van der Waals surface area contributed by atoms with Gasteiger partial charge in [0.2, 0.25) is 0 Å². The number of anilines is 1. The van der Waals surface area contributed by atoms with Crippen LogP contribution in [0.5, 0.6) is 0 Å². The van der Waals surface area contributed by atoms with E-state index in [2.05, 4.69) is 10.3 Å². The van der Waals surface area contributed by atoms with Crippen molar-refractivity contribution in [3.63, 3.8) is 0 Å². The van der Waals surface area contributed by atoms with Gasteiger partial charge >= 0.3 is 0 Å². The summed E-state index contributed by atoms with van der Waals surface area (Å²) in [5.74, 6) is -0.154. The van der Waals surface area contributed by atoms with Gasteiger partial charge in [-0.25, -0.2) is 0 Å². The summed E-state index contributed by atoms with van der Waals surface area (Å²) < 4.78 is 0. The molecule has 1 aliphatic rings. The Morgan fingerprint density at radius 2 is 2.05 bits per heavy atom. The minimum Gasteiger partial charge on any atom is -0.327 e. The van der Waals surface area contributed by atoms with Crippen LogP contribution in [0.3, 0.4) is 0 Å². The standard InChI is InChI=1S/C16H13N3OS/c1-11-5-2-3-7-14(11)19-15(20)13(18-16(19)21)9-12-6-4-8-17-10-12/h2-10H,1H3,(H,18,21). The van der Waals surface area contributed by atoms with Crippen LogP contribution in [-0.4, -0.2) is 16.0 Å². The van der Waals surface area contributed by atoms with Gasteiger partial charge in [0.15, 0.2) is 5.11 Å². The van der Waals surface area contributed by atoms with Crippen LogP contribution >= 0.6 is 12.2 Å². The Labute approximate surface area is 128 Å². The molecule has 1 fully saturated rings. The molecule has 1 N–H and O–H groups in total. The summed E-state index contributed by atoms with van der Waals surface area (Å²) in [6, 6.07) is 11.4. The molecule has 0 saturated carbocycles. The molecule has 104 valence electrons. The second-order valence-corrected chi connectivity index (χ2v) is 5.09. The van der Waals surface area contributed by atoms with Crippen LogP contribution in [0.1, 0.15) is 11.1 Å². The minimum atomic E-state index is -0.154. The smallest absolute Gasteiger partial charge is 0.281 e. The van der Waals surface area contributed by atoms with Crippen LogP contribution in [0, 0.1) is 6.92 Å². The Morgan fingerprint density at radius 1 is 1.24 bits per heavy atom. The number of para-hydroxylation sites is 1. The summed E-state index contributed by atoms with van der Waals surface area (Å²) in [5.41, 5.74) is 3.10. The van der Waals surface area contributed by atoms with Crippen molar-refractivity contribution in [3.8, 4) is 0 Å². The van der Waals surface area contributed by atoms with Crippen molar-refractivity contribution in [1.29, 1.82) is 0 Å². The molecule has 1 aliphatic heterocycles. The van der Waals surface area contributed by atoms with Gasteiger partial charge in [-0.2, -0.15) is 0 Å². The highest BCUT2D eigenvalue weighted by Gasteiger charge is 2.32. The lowest BCUT2D eigenvalue weighted by atomic mass is 10.2. The normalized spacial score (nSPS) is 16.4. The molecule has 5 heteroatoms. The Kier molecular flexibility index (Phi) is 3.50. The van der Waals surface area contributed by atoms with Gasteiger partial charge in [-0.3, -0.25) is 14.7 Å². The molecule has 3 rings (SSSR count). The molecule has 1 amide bonds. The van der Waals surface area contributed by atoms with E-state index in [9.17, 15) is 4.79 Å². The van der Waals surface area contributed by atoms with Gasteiger partial charge in [-0.05, 0) is 48.5 Å². The van der Waals surface area contributed by atoms with E-state index < -0.39 is 0 Å². The molecule has 0 aliphatic carbocycles. The van der Waals surface area contributed by atoms with Gasteiger partial charge in [-0.1, -0.05) is 24.3 Å². The van der Waals surface area contributed by atoms with Gasteiger partial charge in [0.05, 0.1) is 5.69 Å². The molecular weight excluding hydrogens is 282 g/mol. The molecule has 0 radical (unpaired) electrons. The maximum atomic E-state index is 12.6. The van der Waals surface area contributed by atoms with E-state index in [-0.39, 0.29) is 5.91 Å². The first-order valence-corrected chi connectivity index (χ1v) is 6.90. The highest BCUT2D eigenvalue weighted by molar-refractivity contribution is 7.80. The number of benzene rings is 1. The molecule has 0 spiro atoms. The molecule has 1 saturated heterocycles. The molecule has 1 aromatic heterocycles. The average molecular weight is 295 g/mol. The predicted molar refractivity (Wildman–Crippen MR) is 86.6 cm³/mol. The number of nitrogens with zero attached hydrogens (tertiary/aromatic N) is 2. The van der Waals surface area contributed by atoms with Crippen molar-refractivity contribution in [1.82, 2.24) is 10.3 Å². The second kappa shape index (κ2) is 5.46. The van der Waals surface area contributed by atoms with Gasteiger partial charge in [-0.15, -0.1) is 0 Å². The number of hydrogen-bond acceptors (Lipinski definition) is 3. The predicted octanol–water partition coefficient (Wildman–Crippen LogP) is 2.65. The fourth-order valence-corrected chi connectivity index (χ4v) is 2.49. The second-order valence-electron chi connectivity index (χ2n) is 4.70. The lowest BCUT2D eigenvalue weighted by molar-refractivity contribution is -0.113. The summed E-state index contributed by atoms with van der Waals surface area (Å²) in [4.78, 5) is 18.1. The first-order chi connectivity index (χ1) is 10.2. The number of pyridine rings is 1. The van der Waals surface area contributed by atoms with Crippen molar-refractivity contribution >= 4 is 35.0 Å². The summed E-state index contributed by atoms with van der Waals surface area (Å²) >= 11 is 5.29. The van der Waals surface area contributed by atoms with Crippen molar-refractivity contribution in [3.05, 3.63) is 65.6 Å². The lowest BCUT2D eigenvalue weighted by Crippen LogP contribution is -2.30. The van der Waals surface area contributed by atoms with Crippen molar-refractivity contribution in [2.45, 2.75) is 6.92 Å². The number of aromatic nitrogens is 1. The zero-order chi connectivity index (χ0) is 14.8. The first kappa shape index (κ1) is 13.5. The van der Waals surface area contributed by atoms with E-state index >= 15 is 0 Å². The number of hydrogen-bond donors (Lipinski definition) is 1. The summed E-state index contributed by atoms with van der Waals surface area (Å²) in [7, 11) is 0. The molecule has 1 aromatic carbocycles. The summed E-state index contributed by atoms with van der Waals surface area (Å²) in [6.45, 7) is 1.95. The molecule has 21 heavy (non-hydrogen) atoms.